The van der Waals surface area contributed by atoms with E-state index in [1.807, 2.05) is 94.1 Å². The quantitative estimate of drug-likeness (QED) is 0.0941. The van der Waals surface area contributed by atoms with Gasteiger partial charge in [0, 0.05) is 83.3 Å². The zero-order valence-electron chi connectivity index (χ0n) is 42.8. The van der Waals surface area contributed by atoms with Crippen molar-refractivity contribution in [2.24, 2.45) is 0 Å². The minimum atomic E-state index is -3.38. The van der Waals surface area contributed by atoms with Crippen LogP contribution in [0.4, 0.5) is 0 Å². The Balaban J connectivity index is 2.18. The van der Waals surface area contributed by atoms with Crippen molar-refractivity contribution in [3.8, 4) is 29.1 Å². The average Bonchev–Trinajstić information content (AvgIpc) is 3.20. The highest BCUT2D eigenvalue weighted by Gasteiger charge is 2.34. The summed E-state index contributed by atoms with van der Waals surface area (Å²) in [5.74, 6) is 6.81. The van der Waals surface area contributed by atoms with E-state index in [0.717, 1.165) is 0 Å². The van der Waals surface area contributed by atoms with Gasteiger partial charge in [-0.05, 0) is 102 Å². The molecular formula is C49H78N5O11P. The normalized spacial score (nSPS) is 17.9. The van der Waals surface area contributed by atoms with Crippen LogP contribution in [0.5, 0.6) is 17.2 Å². The standard InChI is InChI=1S/C49H78N5O11P/c1-18-62-66(17,58)43-30-37(19-20-40-41(60-15)31-39(59-14)32-42(40)61-16)29-38(50-43)33-51-21-23-52(34(2)44(55)63-47(5,6)7)25-27-54(36(4)46(57)65-49(11,12)13)28-26-53(24-22-51)35(3)45(56)64-48(8,9)10/h29-32,34-36H,18,21-28,33H2,1-17H3/t34-,35-,36-,66?/m1/s1. The maximum Gasteiger partial charge on any atom is 0.323 e. The molecule has 0 spiro atoms. The molecule has 1 aromatic heterocycles. The molecule has 1 aliphatic rings. The highest BCUT2D eigenvalue weighted by molar-refractivity contribution is 7.65. The number of aromatic nitrogens is 1. The monoisotopic (exact) mass is 944 g/mol. The number of pyridine rings is 1. The molecule has 3 rings (SSSR count). The molecule has 1 fully saturated rings. The van der Waals surface area contributed by atoms with Crippen molar-refractivity contribution in [3.05, 3.63) is 41.1 Å². The molecule has 1 aromatic carbocycles. The van der Waals surface area contributed by atoms with E-state index < -0.39 is 42.3 Å². The van der Waals surface area contributed by atoms with Crippen LogP contribution in [-0.2, 0) is 44.2 Å². The van der Waals surface area contributed by atoms with Crippen LogP contribution in [0.25, 0.3) is 0 Å². The van der Waals surface area contributed by atoms with Gasteiger partial charge < -0.3 is 32.9 Å². The summed E-state index contributed by atoms with van der Waals surface area (Å²) in [4.78, 5) is 54.2. The van der Waals surface area contributed by atoms with Gasteiger partial charge >= 0.3 is 17.9 Å². The minimum absolute atomic E-state index is 0.221. The molecule has 1 aliphatic heterocycles. The van der Waals surface area contributed by atoms with Crippen LogP contribution < -0.4 is 19.6 Å². The fourth-order valence-electron chi connectivity index (χ4n) is 7.17. The van der Waals surface area contributed by atoms with Crippen molar-refractivity contribution in [2.45, 2.75) is 131 Å². The van der Waals surface area contributed by atoms with Gasteiger partial charge in [0.15, 0.2) is 0 Å². The third-order valence-corrected chi connectivity index (χ3v) is 12.5. The Bertz CT molecular complexity index is 1990. The second-order valence-electron chi connectivity index (χ2n) is 19.6. The van der Waals surface area contributed by atoms with Gasteiger partial charge in [-0.3, -0.25) is 38.5 Å². The summed E-state index contributed by atoms with van der Waals surface area (Å²) in [6.45, 7) is 29.4. The van der Waals surface area contributed by atoms with Crippen molar-refractivity contribution >= 4 is 30.7 Å². The van der Waals surface area contributed by atoms with Crippen molar-refractivity contribution in [1.82, 2.24) is 24.6 Å². The first-order valence-corrected chi connectivity index (χ1v) is 24.9. The van der Waals surface area contributed by atoms with Gasteiger partial charge in [0.1, 0.15) is 63.2 Å². The number of benzene rings is 1. The molecule has 2 heterocycles. The Kier molecular flexibility index (Phi) is 20.5. The highest BCUT2D eigenvalue weighted by Crippen LogP contribution is 2.40. The molecule has 0 saturated carbocycles. The molecule has 17 heteroatoms. The van der Waals surface area contributed by atoms with Crippen LogP contribution in [0.3, 0.4) is 0 Å². The second kappa shape index (κ2) is 24.2. The number of carbonyl (C=O) groups excluding carboxylic acids is 3. The van der Waals surface area contributed by atoms with E-state index in [1.165, 1.54) is 0 Å². The predicted octanol–water partition coefficient (Wildman–Crippen LogP) is 5.99. The van der Waals surface area contributed by atoms with Gasteiger partial charge in [-0.25, -0.2) is 4.98 Å². The molecule has 16 nitrogen and oxygen atoms in total. The first-order chi connectivity index (χ1) is 30.6. The molecule has 0 amide bonds. The van der Waals surface area contributed by atoms with Crippen molar-refractivity contribution in [1.29, 1.82) is 0 Å². The summed E-state index contributed by atoms with van der Waals surface area (Å²) in [7, 11) is 1.26. The van der Waals surface area contributed by atoms with Crippen LogP contribution in [0, 0.1) is 11.8 Å². The van der Waals surface area contributed by atoms with E-state index in [9.17, 15) is 18.9 Å². The predicted molar refractivity (Wildman–Crippen MR) is 257 cm³/mol. The smallest absolute Gasteiger partial charge is 0.323 e. The Labute approximate surface area is 394 Å². The van der Waals surface area contributed by atoms with Crippen LogP contribution >= 0.6 is 7.37 Å². The number of nitrogens with zero attached hydrogens (tertiary/aromatic N) is 5. The van der Waals surface area contributed by atoms with Gasteiger partial charge in [-0.1, -0.05) is 11.8 Å². The molecule has 0 aliphatic carbocycles. The summed E-state index contributed by atoms with van der Waals surface area (Å²) in [5, 5.41) is 0. The lowest BCUT2D eigenvalue weighted by Crippen LogP contribution is -2.54. The fourth-order valence-corrected chi connectivity index (χ4v) is 8.48. The van der Waals surface area contributed by atoms with E-state index in [4.69, 9.17) is 37.9 Å². The Morgan fingerprint density at radius 3 is 1.38 bits per heavy atom. The number of methoxy groups -OCH3 is 3. The number of ether oxygens (including phenoxy) is 6. The van der Waals surface area contributed by atoms with Crippen LogP contribution in [-0.4, -0.2) is 164 Å². The second-order valence-corrected chi connectivity index (χ2v) is 22.0. The van der Waals surface area contributed by atoms with Gasteiger partial charge in [0.25, 0.3) is 0 Å². The van der Waals surface area contributed by atoms with E-state index in [2.05, 4.69) is 26.5 Å². The summed E-state index contributed by atoms with van der Waals surface area (Å²) in [6.07, 6.45) is 0. The highest BCUT2D eigenvalue weighted by atomic mass is 31.2. The molecule has 370 valence electrons. The summed E-state index contributed by atoms with van der Waals surface area (Å²) in [5.41, 5.74) is -0.167. The number of carbonyl (C=O) groups is 3. The molecule has 1 saturated heterocycles. The summed E-state index contributed by atoms with van der Waals surface area (Å²) in [6, 6.07) is 5.13. The number of hydrogen-bond acceptors (Lipinski definition) is 16. The summed E-state index contributed by atoms with van der Waals surface area (Å²) < 4.78 is 54.1. The van der Waals surface area contributed by atoms with Gasteiger partial charge in [0.05, 0.1) is 33.6 Å². The third-order valence-electron chi connectivity index (χ3n) is 10.7. The largest absolute Gasteiger partial charge is 0.496 e. The average molecular weight is 944 g/mol. The van der Waals surface area contributed by atoms with Crippen LogP contribution in [0.2, 0.25) is 0 Å². The Hall–Kier alpha value is -4.23. The van der Waals surface area contributed by atoms with Crippen molar-refractivity contribution < 1.29 is 51.9 Å². The first-order valence-electron chi connectivity index (χ1n) is 22.8. The molecule has 1 unspecified atom stereocenters. The lowest BCUT2D eigenvalue weighted by atomic mass is 10.1. The van der Waals surface area contributed by atoms with E-state index >= 15 is 0 Å². The maximum atomic E-state index is 14.0. The fraction of sp³-hybridized carbons (Fsp3) is 0.673. The van der Waals surface area contributed by atoms with Crippen LogP contribution in [0.15, 0.2) is 24.3 Å². The lowest BCUT2D eigenvalue weighted by Gasteiger charge is -2.39. The lowest BCUT2D eigenvalue weighted by molar-refractivity contribution is -0.164. The molecule has 66 heavy (non-hydrogen) atoms. The SMILES string of the molecule is CCOP(C)(=O)c1cc(C#Cc2c(OC)cc(OC)cc2OC)cc(CN2CCN([C@H](C)C(=O)OC(C)(C)C)CCN([C@H](C)C(=O)OC(C)(C)C)CCN([C@H](C)C(=O)OC(C)(C)C)CC2)n1. The molecular weight excluding hydrogens is 866 g/mol. The number of hydrogen-bond donors (Lipinski definition) is 0. The van der Waals surface area contributed by atoms with Gasteiger partial charge in [-0.15, -0.1) is 0 Å². The van der Waals surface area contributed by atoms with Crippen molar-refractivity contribution in [3.63, 3.8) is 0 Å². The van der Waals surface area contributed by atoms with Gasteiger partial charge in [0.2, 0.25) is 7.37 Å². The zero-order chi connectivity index (χ0) is 49.8. The Morgan fingerprint density at radius 1 is 0.636 bits per heavy atom. The molecule has 0 radical (unpaired) electrons. The molecule has 0 N–H and O–H groups in total. The third kappa shape index (κ3) is 17.8. The molecule has 4 atom stereocenters. The van der Waals surface area contributed by atoms with Crippen molar-refractivity contribution in [2.75, 3.05) is 87.0 Å². The maximum absolute atomic E-state index is 14.0. The van der Waals surface area contributed by atoms with E-state index in [-0.39, 0.29) is 29.9 Å². The van der Waals surface area contributed by atoms with E-state index in [1.54, 1.807) is 53.1 Å². The van der Waals surface area contributed by atoms with E-state index in [0.29, 0.717) is 93.0 Å². The van der Waals surface area contributed by atoms with Crippen LogP contribution in [0.1, 0.15) is 107 Å². The minimum Gasteiger partial charge on any atom is -0.496 e. The molecule has 0 bridgehead atoms. The summed E-state index contributed by atoms with van der Waals surface area (Å²) >= 11 is 0. The topological polar surface area (TPSA) is 159 Å². The Morgan fingerprint density at radius 2 is 1.03 bits per heavy atom. The number of rotatable bonds is 14. The first kappa shape index (κ1) is 56.1. The molecule has 2 aromatic rings. The van der Waals surface area contributed by atoms with Gasteiger partial charge in [-0.2, -0.15) is 0 Å². The zero-order valence-corrected chi connectivity index (χ0v) is 43.7. The number of esters is 3.